The third-order valence-electron chi connectivity index (χ3n) is 5.50. The van der Waals surface area contributed by atoms with Crippen molar-refractivity contribution < 1.29 is 14.4 Å². The van der Waals surface area contributed by atoms with Gasteiger partial charge in [0.25, 0.3) is 17.7 Å². The highest BCUT2D eigenvalue weighted by Gasteiger charge is 2.25. The number of anilines is 1. The Labute approximate surface area is 186 Å². The van der Waals surface area contributed by atoms with Crippen LogP contribution in [-0.4, -0.2) is 46.7 Å². The summed E-state index contributed by atoms with van der Waals surface area (Å²) in [5.41, 5.74) is 2.01. The minimum atomic E-state index is -0.270. The fourth-order valence-corrected chi connectivity index (χ4v) is 3.74. The van der Waals surface area contributed by atoms with Gasteiger partial charge >= 0.3 is 0 Å². The second-order valence-electron chi connectivity index (χ2n) is 7.64. The molecule has 2 N–H and O–H groups in total. The summed E-state index contributed by atoms with van der Waals surface area (Å²) in [5.74, 6) is -0.534. The molecule has 2 heterocycles. The molecule has 0 unspecified atom stereocenters. The van der Waals surface area contributed by atoms with Crippen LogP contribution in [0.25, 0.3) is 0 Å². The lowest BCUT2D eigenvalue weighted by Gasteiger charge is -2.32. The number of nitrogens with zero attached hydrogens (tertiary/aromatic N) is 2. The first-order valence-corrected chi connectivity index (χ1v) is 10.6. The number of pyridine rings is 1. The minimum absolute atomic E-state index is 0.0221. The zero-order valence-electron chi connectivity index (χ0n) is 17.5. The molecule has 1 saturated heterocycles. The van der Waals surface area contributed by atoms with Crippen molar-refractivity contribution in [1.29, 1.82) is 0 Å². The van der Waals surface area contributed by atoms with E-state index < -0.39 is 0 Å². The van der Waals surface area contributed by atoms with Gasteiger partial charge in [0, 0.05) is 42.7 Å². The van der Waals surface area contributed by atoms with Crippen molar-refractivity contribution in [2.45, 2.75) is 18.9 Å². The average Bonchev–Trinajstić information content (AvgIpc) is 2.85. The molecule has 1 fully saturated rings. The fraction of sp³-hybridized carbons (Fsp3) is 0.200. The Morgan fingerprint density at radius 1 is 0.781 bits per heavy atom. The van der Waals surface area contributed by atoms with E-state index in [-0.39, 0.29) is 23.8 Å². The van der Waals surface area contributed by atoms with Crippen molar-refractivity contribution >= 4 is 23.4 Å². The van der Waals surface area contributed by atoms with Gasteiger partial charge in [0.1, 0.15) is 0 Å². The third-order valence-corrected chi connectivity index (χ3v) is 5.50. The summed E-state index contributed by atoms with van der Waals surface area (Å²) in [6, 6.07) is 19.2. The molecule has 0 aliphatic carbocycles. The van der Waals surface area contributed by atoms with Crippen LogP contribution in [0.4, 0.5) is 5.69 Å². The van der Waals surface area contributed by atoms with Crippen LogP contribution in [0.15, 0.2) is 79.1 Å². The Balaban J connectivity index is 1.36. The van der Waals surface area contributed by atoms with Gasteiger partial charge in [-0.05, 0) is 49.2 Å². The maximum Gasteiger partial charge on any atom is 0.255 e. The molecule has 3 amide bonds. The molecule has 0 saturated carbocycles. The Bertz CT molecular complexity index is 1090. The molecular weight excluding hydrogens is 404 g/mol. The third kappa shape index (κ3) is 5.00. The van der Waals surface area contributed by atoms with E-state index in [0.717, 1.165) is 0 Å². The number of para-hydroxylation sites is 1. The number of nitrogens with one attached hydrogen (secondary N) is 2. The number of hydrogen-bond acceptors (Lipinski definition) is 4. The van der Waals surface area contributed by atoms with E-state index in [1.807, 2.05) is 6.07 Å². The topological polar surface area (TPSA) is 91.4 Å². The van der Waals surface area contributed by atoms with E-state index in [1.165, 1.54) is 0 Å². The Morgan fingerprint density at radius 3 is 2.16 bits per heavy atom. The lowest BCUT2D eigenvalue weighted by Crippen LogP contribution is -2.46. The summed E-state index contributed by atoms with van der Waals surface area (Å²) in [6.07, 6.45) is 4.55. The van der Waals surface area contributed by atoms with Crippen LogP contribution in [0.5, 0.6) is 0 Å². The maximum atomic E-state index is 12.9. The number of piperidine rings is 1. The monoisotopic (exact) mass is 428 g/mol. The highest BCUT2D eigenvalue weighted by Crippen LogP contribution is 2.19. The van der Waals surface area contributed by atoms with E-state index in [0.29, 0.717) is 48.3 Å². The largest absolute Gasteiger partial charge is 0.349 e. The summed E-state index contributed by atoms with van der Waals surface area (Å²) in [5, 5.41) is 5.88. The van der Waals surface area contributed by atoms with Gasteiger partial charge < -0.3 is 15.5 Å². The summed E-state index contributed by atoms with van der Waals surface area (Å²) in [4.78, 5) is 43.8. The number of amides is 3. The lowest BCUT2D eigenvalue weighted by molar-refractivity contribution is 0.0698. The molecular formula is C25H24N4O3. The number of carbonyl (C=O) groups excluding carboxylic acids is 3. The van der Waals surface area contributed by atoms with Crippen LogP contribution in [0.3, 0.4) is 0 Å². The first kappa shape index (κ1) is 21.2. The zero-order valence-corrected chi connectivity index (χ0v) is 17.5. The zero-order chi connectivity index (χ0) is 22.3. The summed E-state index contributed by atoms with van der Waals surface area (Å²) in [7, 11) is 0. The molecule has 1 aliphatic rings. The molecule has 1 aliphatic heterocycles. The number of hydrogen-bond donors (Lipinski definition) is 2. The summed E-state index contributed by atoms with van der Waals surface area (Å²) < 4.78 is 0. The minimum Gasteiger partial charge on any atom is -0.349 e. The molecule has 2 aromatic carbocycles. The molecule has 0 spiro atoms. The van der Waals surface area contributed by atoms with E-state index in [1.54, 1.807) is 78.0 Å². The van der Waals surface area contributed by atoms with E-state index in [2.05, 4.69) is 15.6 Å². The number of rotatable bonds is 5. The maximum absolute atomic E-state index is 12.9. The molecule has 0 radical (unpaired) electrons. The van der Waals surface area contributed by atoms with Gasteiger partial charge in [-0.2, -0.15) is 0 Å². The van der Waals surface area contributed by atoms with Crippen molar-refractivity contribution in [3.05, 3.63) is 95.8 Å². The van der Waals surface area contributed by atoms with Gasteiger partial charge in [-0.15, -0.1) is 0 Å². The second-order valence-corrected chi connectivity index (χ2v) is 7.64. The SMILES string of the molecule is O=C(Nc1ccccc1C(=O)NC1CCN(C(=O)c2ccncc2)CC1)c1ccccc1. The predicted molar refractivity (Wildman–Crippen MR) is 121 cm³/mol. The molecule has 4 rings (SSSR count). The molecule has 7 nitrogen and oxygen atoms in total. The Hall–Kier alpha value is -4.00. The Morgan fingerprint density at radius 2 is 1.44 bits per heavy atom. The van der Waals surface area contributed by atoms with Crippen LogP contribution in [-0.2, 0) is 0 Å². The molecule has 162 valence electrons. The van der Waals surface area contributed by atoms with Crippen molar-refractivity contribution in [3.63, 3.8) is 0 Å². The standard InChI is InChI=1S/C25H24N4O3/c30-23(18-6-2-1-3-7-18)28-22-9-5-4-8-21(22)24(31)27-20-12-16-29(17-13-20)25(32)19-10-14-26-15-11-19/h1-11,14-15,20H,12-13,16-17H2,(H,27,31)(H,28,30). The summed E-state index contributed by atoms with van der Waals surface area (Å²) in [6.45, 7) is 1.14. The van der Waals surface area contributed by atoms with Crippen LogP contribution < -0.4 is 10.6 Å². The quantitative estimate of drug-likeness (QED) is 0.652. The average molecular weight is 428 g/mol. The van der Waals surface area contributed by atoms with Crippen LogP contribution in [0.2, 0.25) is 0 Å². The first-order chi connectivity index (χ1) is 15.6. The number of benzene rings is 2. The number of aromatic nitrogens is 1. The molecule has 32 heavy (non-hydrogen) atoms. The molecule has 3 aromatic rings. The first-order valence-electron chi connectivity index (χ1n) is 10.6. The number of likely N-dealkylation sites (tertiary alicyclic amines) is 1. The van der Waals surface area contributed by atoms with Crippen molar-refractivity contribution in [3.8, 4) is 0 Å². The van der Waals surface area contributed by atoms with Gasteiger partial charge in [-0.1, -0.05) is 30.3 Å². The Kier molecular flexibility index (Phi) is 6.55. The van der Waals surface area contributed by atoms with Gasteiger partial charge in [-0.3, -0.25) is 19.4 Å². The van der Waals surface area contributed by atoms with Gasteiger partial charge in [0.05, 0.1) is 11.3 Å². The van der Waals surface area contributed by atoms with E-state index in [9.17, 15) is 14.4 Å². The van der Waals surface area contributed by atoms with Gasteiger partial charge in [0.2, 0.25) is 0 Å². The number of carbonyl (C=O) groups is 3. The molecule has 0 bridgehead atoms. The normalized spacial score (nSPS) is 13.9. The van der Waals surface area contributed by atoms with Crippen LogP contribution >= 0.6 is 0 Å². The van der Waals surface area contributed by atoms with Gasteiger partial charge in [-0.25, -0.2) is 0 Å². The predicted octanol–water partition coefficient (Wildman–Crippen LogP) is 3.37. The van der Waals surface area contributed by atoms with E-state index in [4.69, 9.17) is 0 Å². The van der Waals surface area contributed by atoms with Gasteiger partial charge in [0.15, 0.2) is 0 Å². The van der Waals surface area contributed by atoms with Crippen molar-refractivity contribution in [2.24, 2.45) is 0 Å². The lowest BCUT2D eigenvalue weighted by atomic mass is 10.0. The van der Waals surface area contributed by atoms with Crippen LogP contribution in [0, 0.1) is 0 Å². The highest BCUT2D eigenvalue weighted by atomic mass is 16.2. The smallest absolute Gasteiger partial charge is 0.255 e. The van der Waals surface area contributed by atoms with Crippen molar-refractivity contribution in [2.75, 3.05) is 18.4 Å². The molecule has 0 atom stereocenters. The molecule has 1 aromatic heterocycles. The fourth-order valence-electron chi connectivity index (χ4n) is 3.74. The van der Waals surface area contributed by atoms with E-state index >= 15 is 0 Å². The molecule has 7 heteroatoms. The summed E-state index contributed by atoms with van der Waals surface area (Å²) >= 11 is 0. The van der Waals surface area contributed by atoms with Crippen LogP contribution in [0.1, 0.15) is 43.9 Å². The second kappa shape index (κ2) is 9.87. The van der Waals surface area contributed by atoms with Crippen molar-refractivity contribution in [1.82, 2.24) is 15.2 Å². The highest BCUT2D eigenvalue weighted by molar-refractivity contribution is 6.09.